The van der Waals surface area contributed by atoms with Gasteiger partial charge in [0.05, 0.1) is 6.10 Å². The van der Waals surface area contributed by atoms with E-state index in [4.69, 9.17) is 11.5 Å². The molecule has 0 heterocycles. The summed E-state index contributed by atoms with van der Waals surface area (Å²) in [4.78, 5) is 10.8. The third-order valence-corrected chi connectivity index (χ3v) is 2.14. The topological polar surface area (TPSA) is 110 Å². The highest BCUT2D eigenvalue weighted by Gasteiger charge is 2.16. The van der Waals surface area contributed by atoms with E-state index in [2.05, 4.69) is 0 Å². The van der Waals surface area contributed by atoms with Crippen LogP contribution in [0.5, 0.6) is 0 Å². The van der Waals surface area contributed by atoms with Gasteiger partial charge in [-0.25, -0.2) is 0 Å². The van der Waals surface area contributed by atoms with E-state index >= 15 is 0 Å². The van der Waals surface area contributed by atoms with E-state index < -0.39 is 18.1 Å². The van der Waals surface area contributed by atoms with Gasteiger partial charge < -0.3 is 21.7 Å². The first kappa shape index (κ1) is 11.6. The van der Waals surface area contributed by atoms with Crippen molar-refractivity contribution in [3.8, 4) is 0 Å². The van der Waals surface area contributed by atoms with Crippen LogP contribution < -0.4 is 11.5 Å². The van der Waals surface area contributed by atoms with Gasteiger partial charge >= 0.3 is 0 Å². The van der Waals surface area contributed by atoms with Crippen molar-refractivity contribution in [3.63, 3.8) is 0 Å². The molecule has 5 nitrogen and oxygen atoms in total. The third-order valence-electron chi connectivity index (χ3n) is 2.14. The molecule has 2 atom stereocenters. The number of primary amides is 1. The molecule has 0 aliphatic heterocycles. The van der Waals surface area contributed by atoms with Crippen LogP contribution >= 0.6 is 0 Å². The van der Waals surface area contributed by atoms with E-state index in [1.165, 1.54) is 24.3 Å². The second-order valence-corrected chi connectivity index (χ2v) is 3.23. The van der Waals surface area contributed by atoms with Crippen LogP contribution in [-0.4, -0.2) is 28.8 Å². The Kier molecular flexibility index (Phi) is 3.79. The molecule has 2 unspecified atom stereocenters. The van der Waals surface area contributed by atoms with Crippen molar-refractivity contribution in [2.24, 2.45) is 11.5 Å². The molecule has 0 saturated heterocycles. The number of aliphatic hydroxyl groups excluding tert-OH is 2. The normalized spacial score (nSPS) is 14.6. The van der Waals surface area contributed by atoms with Crippen LogP contribution in [0.15, 0.2) is 24.3 Å². The number of rotatable bonds is 4. The zero-order chi connectivity index (χ0) is 11.4. The zero-order valence-corrected chi connectivity index (χ0v) is 8.13. The average Bonchev–Trinajstić information content (AvgIpc) is 2.27. The fourth-order valence-corrected chi connectivity index (χ4v) is 1.20. The lowest BCUT2D eigenvalue weighted by atomic mass is 10.0. The summed E-state index contributed by atoms with van der Waals surface area (Å²) in [5.74, 6) is -0.532. The van der Waals surface area contributed by atoms with Crippen molar-refractivity contribution in [3.05, 3.63) is 35.4 Å². The molecule has 1 aromatic rings. The van der Waals surface area contributed by atoms with Crippen LogP contribution in [0.2, 0.25) is 0 Å². The lowest BCUT2D eigenvalue weighted by molar-refractivity contribution is 0.0243. The summed E-state index contributed by atoms with van der Waals surface area (Å²) in [6.07, 6.45) is -2.05. The van der Waals surface area contributed by atoms with Gasteiger partial charge in [-0.05, 0) is 17.7 Å². The molecule has 0 aliphatic carbocycles. The van der Waals surface area contributed by atoms with E-state index in [9.17, 15) is 15.0 Å². The Morgan fingerprint density at radius 2 is 1.80 bits per heavy atom. The predicted molar refractivity (Wildman–Crippen MR) is 55.0 cm³/mol. The summed E-state index contributed by atoms with van der Waals surface area (Å²) >= 11 is 0. The van der Waals surface area contributed by atoms with Gasteiger partial charge in [-0.3, -0.25) is 4.79 Å². The van der Waals surface area contributed by atoms with Gasteiger partial charge in [0.25, 0.3) is 0 Å². The Morgan fingerprint density at radius 3 is 2.20 bits per heavy atom. The molecule has 0 spiro atoms. The fourth-order valence-electron chi connectivity index (χ4n) is 1.20. The third kappa shape index (κ3) is 2.76. The van der Waals surface area contributed by atoms with Crippen molar-refractivity contribution in [1.82, 2.24) is 0 Å². The molecule has 15 heavy (non-hydrogen) atoms. The fraction of sp³-hybridized carbons (Fsp3) is 0.300. The minimum absolute atomic E-state index is 0.0290. The molecule has 1 rings (SSSR count). The maximum atomic E-state index is 10.8. The largest absolute Gasteiger partial charge is 0.389 e. The van der Waals surface area contributed by atoms with E-state index in [0.717, 1.165) is 0 Å². The molecule has 1 amide bonds. The molecule has 1 aromatic carbocycles. The minimum Gasteiger partial charge on any atom is -0.389 e. The molecule has 5 heteroatoms. The highest BCUT2D eigenvalue weighted by molar-refractivity contribution is 5.92. The van der Waals surface area contributed by atoms with E-state index in [1.54, 1.807) is 0 Å². The number of carbonyl (C=O) groups excluding carboxylic acids is 1. The Morgan fingerprint density at radius 1 is 1.27 bits per heavy atom. The molecule has 0 fully saturated rings. The number of amides is 1. The minimum atomic E-state index is -1.04. The quantitative estimate of drug-likeness (QED) is 0.518. The van der Waals surface area contributed by atoms with E-state index in [0.29, 0.717) is 11.1 Å². The zero-order valence-electron chi connectivity index (χ0n) is 8.13. The Balaban J connectivity index is 2.84. The first-order chi connectivity index (χ1) is 7.06. The second kappa shape index (κ2) is 4.88. The summed E-state index contributed by atoms with van der Waals surface area (Å²) in [5, 5.41) is 18.9. The SMILES string of the molecule is NCC(O)C(O)c1ccc(C(N)=O)cc1. The molecule has 0 bridgehead atoms. The summed E-state index contributed by atoms with van der Waals surface area (Å²) in [6, 6.07) is 6.04. The average molecular weight is 210 g/mol. The molecule has 82 valence electrons. The van der Waals surface area contributed by atoms with Crippen molar-refractivity contribution in [2.45, 2.75) is 12.2 Å². The standard InChI is InChI=1S/C10H14N2O3/c11-5-8(13)9(14)6-1-3-7(4-2-6)10(12)15/h1-4,8-9,13-14H,5,11H2,(H2,12,15). The van der Waals surface area contributed by atoms with Crippen LogP contribution in [0.4, 0.5) is 0 Å². The lowest BCUT2D eigenvalue weighted by Crippen LogP contribution is -2.27. The highest BCUT2D eigenvalue weighted by atomic mass is 16.3. The number of aliphatic hydroxyl groups is 2. The Hall–Kier alpha value is -1.43. The first-order valence-corrected chi connectivity index (χ1v) is 4.52. The summed E-state index contributed by atoms with van der Waals surface area (Å²) in [5.41, 5.74) is 11.1. The molecule has 6 N–H and O–H groups in total. The number of hydrogen-bond acceptors (Lipinski definition) is 4. The van der Waals surface area contributed by atoms with E-state index in [-0.39, 0.29) is 6.54 Å². The van der Waals surface area contributed by atoms with Crippen molar-refractivity contribution < 1.29 is 15.0 Å². The van der Waals surface area contributed by atoms with Crippen LogP contribution in [-0.2, 0) is 0 Å². The summed E-state index contributed by atoms with van der Waals surface area (Å²) in [6.45, 7) is -0.0290. The highest BCUT2D eigenvalue weighted by Crippen LogP contribution is 2.16. The molecule has 0 aliphatic rings. The number of nitrogens with two attached hydrogens (primary N) is 2. The van der Waals surface area contributed by atoms with Crippen LogP contribution in [0.25, 0.3) is 0 Å². The maximum Gasteiger partial charge on any atom is 0.248 e. The first-order valence-electron chi connectivity index (χ1n) is 4.52. The van der Waals surface area contributed by atoms with Gasteiger partial charge in [0.2, 0.25) is 5.91 Å². The van der Waals surface area contributed by atoms with Gasteiger partial charge in [-0.15, -0.1) is 0 Å². The Bertz CT molecular complexity index is 337. The van der Waals surface area contributed by atoms with Crippen LogP contribution in [0.1, 0.15) is 22.0 Å². The van der Waals surface area contributed by atoms with Gasteiger partial charge in [-0.2, -0.15) is 0 Å². The lowest BCUT2D eigenvalue weighted by Gasteiger charge is -2.16. The summed E-state index contributed by atoms with van der Waals surface area (Å²) in [7, 11) is 0. The van der Waals surface area contributed by atoms with Gasteiger partial charge in [0.15, 0.2) is 0 Å². The molecular formula is C10H14N2O3. The second-order valence-electron chi connectivity index (χ2n) is 3.23. The number of carbonyl (C=O) groups is 1. The van der Waals surface area contributed by atoms with Gasteiger partial charge in [0, 0.05) is 12.1 Å². The maximum absolute atomic E-state index is 10.8. The van der Waals surface area contributed by atoms with Crippen LogP contribution in [0, 0.1) is 0 Å². The number of benzene rings is 1. The summed E-state index contributed by atoms with van der Waals surface area (Å²) < 4.78 is 0. The monoisotopic (exact) mass is 210 g/mol. The molecule has 0 radical (unpaired) electrons. The molecule has 0 aromatic heterocycles. The van der Waals surface area contributed by atoms with Crippen molar-refractivity contribution >= 4 is 5.91 Å². The van der Waals surface area contributed by atoms with Crippen LogP contribution in [0.3, 0.4) is 0 Å². The van der Waals surface area contributed by atoms with Crippen molar-refractivity contribution in [1.29, 1.82) is 0 Å². The number of hydrogen-bond donors (Lipinski definition) is 4. The van der Waals surface area contributed by atoms with Gasteiger partial charge in [-0.1, -0.05) is 12.1 Å². The van der Waals surface area contributed by atoms with Gasteiger partial charge in [0.1, 0.15) is 6.10 Å². The molecule has 0 saturated carbocycles. The van der Waals surface area contributed by atoms with E-state index in [1.807, 2.05) is 0 Å². The van der Waals surface area contributed by atoms with Crippen molar-refractivity contribution in [2.75, 3.05) is 6.54 Å². The molecular weight excluding hydrogens is 196 g/mol. The predicted octanol–water partition coefficient (Wildman–Crippen LogP) is -0.861. The Labute approximate surface area is 87.3 Å². The smallest absolute Gasteiger partial charge is 0.248 e.